The molecule has 1 aliphatic carbocycles. The molecule has 1 N–H and O–H groups in total. The Kier molecular flexibility index (Phi) is 3.82. The summed E-state index contributed by atoms with van der Waals surface area (Å²) < 4.78 is 1.75. The molecular formula is C19H25N7O2. The first kappa shape index (κ1) is 17.4. The summed E-state index contributed by atoms with van der Waals surface area (Å²) in [6.45, 7) is 6.10. The molecule has 9 heteroatoms. The Morgan fingerprint density at radius 2 is 2.00 bits per heavy atom. The van der Waals surface area contributed by atoms with Crippen LogP contribution in [0.2, 0.25) is 0 Å². The van der Waals surface area contributed by atoms with Gasteiger partial charge in [0.25, 0.3) is 5.91 Å². The van der Waals surface area contributed by atoms with Gasteiger partial charge in [-0.2, -0.15) is 9.61 Å². The number of urea groups is 1. The SMILES string of the molecule is CC(C)CN1C(=O)NC(=O)C12CCN(c1cc(C3CC3)nn3cnnc13)CC2. The standard InChI is InChI=1S/C19H25N7O2/c1-12(2)10-25-18(28)21-17(27)19(25)5-7-24(8-6-19)15-9-14(13-3-4-13)23-26-11-20-22-16(15)26/h9,11-13H,3-8,10H2,1-2H3,(H,21,27,28). The zero-order valence-corrected chi connectivity index (χ0v) is 16.3. The fraction of sp³-hybridized carbons (Fsp3) is 0.632. The number of rotatable bonds is 4. The molecule has 4 heterocycles. The van der Waals surface area contributed by atoms with Crippen molar-refractivity contribution in [2.75, 3.05) is 24.5 Å². The predicted octanol–water partition coefficient (Wildman–Crippen LogP) is 1.55. The van der Waals surface area contributed by atoms with Crippen molar-refractivity contribution in [3.63, 3.8) is 0 Å². The minimum absolute atomic E-state index is 0.154. The molecule has 2 aromatic heterocycles. The van der Waals surface area contributed by atoms with Crippen molar-refractivity contribution in [2.24, 2.45) is 5.92 Å². The largest absolute Gasteiger partial charge is 0.368 e. The number of imide groups is 1. The van der Waals surface area contributed by atoms with Crippen LogP contribution in [0, 0.1) is 5.92 Å². The Bertz CT molecular complexity index is 941. The predicted molar refractivity (Wildman–Crippen MR) is 102 cm³/mol. The number of hydrogen-bond donors (Lipinski definition) is 1. The highest BCUT2D eigenvalue weighted by Gasteiger charge is 2.54. The lowest BCUT2D eigenvalue weighted by Gasteiger charge is -2.43. The van der Waals surface area contributed by atoms with Gasteiger partial charge in [-0.15, -0.1) is 10.2 Å². The van der Waals surface area contributed by atoms with E-state index in [1.165, 1.54) is 12.8 Å². The molecule has 0 radical (unpaired) electrons. The molecule has 28 heavy (non-hydrogen) atoms. The van der Waals surface area contributed by atoms with E-state index in [1.54, 1.807) is 15.7 Å². The van der Waals surface area contributed by atoms with Gasteiger partial charge in [-0.1, -0.05) is 13.8 Å². The molecule has 0 unspecified atom stereocenters. The maximum Gasteiger partial charge on any atom is 0.325 e. The summed E-state index contributed by atoms with van der Waals surface area (Å²) in [4.78, 5) is 29.1. The molecule has 3 aliphatic rings. The molecule has 1 saturated carbocycles. The summed E-state index contributed by atoms with van der Waals surface area (Å²) >= 11 is 0. The van der Waals surface area contributed by atoms with E-state index in [1.807, 2.05) is 0 Å². The maximum absolute atomic E-state index is 12.7. The highest BCUT2D eigenvalue weighted by molar-refractivity contribution is 6.07. The van der Waals surface area contributed by atoms with Gasteiger partial charge in [0.2, 0.25) is 5.65 Å². The zero-order valence-electron chi connectivity index (χ0n) is 16.3. The van der Waals surface area contributed by atoms with E-state index in [9.17, 15) is 9.59 Å². The van der Waals surface area contributed by atoms with Crippen LogP contribution in [-0.4, -0.2) is 61.8 Å². The summed E-state index contributed by atoms with van der Waals surface area (Å²) in [6.07, 6.45) is 5.21. The summed E-state index contributed by atoms with van der Waals surface area (Å²) in [5.41, 5.74) is 2.11. The number of hydrogen-bond acceptors (Lipinski definition) is 6. The molecular weight excluding hydrogens is 358 g/mol. The van der Waals surface area contributed by atoms with E-state index in [-0.39, 0.29) is 11.9 Å². The molecule has 0 atom stereocenters. The van der Waals surface area contributed by atoms with Crippen molar-refractivity contribution in [3.8, 4) is 0 Å². The average molecular weight is 383 g/mol. The van der Waals surface area contributed by atoms with Crippen LogP contribution >= 0.6 is 0 Å². The fourth-order valence-corrected chi connectivity index (χ4v) is 4.48. The van der Waals surface area contributed by atoms with Gasteiger partial charge in [-0.05, 0) is 37.7 Å². The van der Waals surface area contributed by atoms with E-state index < -0.39 is 5.54 Å². The lowest BCUT2D eigenvalue weighted by Crippen LogP contribution is -2.57. The Morgan fingerprint density at radius 1 is 1.25 bits per heavy atom. The minimum atomic E-state index is -0.728. The van der Waals surface area contributed by atoms with Crippen LogP contribution in [0.3, 0.4) is 0 Å². The highest BCUT2D eigenvalue weighted by Crippen LogP contribution is 2.41. The highest BCUT2D eigenvalue weighted by atomic mass is 16.2. The summed E-state index contributed by atoms with van der Waals surface area (Å²) in [6, 6.07) is 1.87. The summed E-state index contributed by atoms with van der Waals surface area (Å²) in [5, 5.41) is 15.4. The van der Waals surface area contributed by atoms with Crippen LogP contribution in [-0.2, 0) is 4.79 Å². The van der Waals surface area contributed by atoms with E-state index in [2.05, 4.69) is 45.4 Å². The lowest BCUT2D eigenvalue weighted by molar-refractivity contribution is -0.127. The molecule has 1 spiro atoms. The van der Waals surface area contributed by atoms with Crippen LogP contribution in [0.1, 0.15) is 51.1 Å². The maximum atomic E-state index is 12.7. The van der Waals surface area contributed by atoms with Gasteiger partial charge < -0.3 is 9.80 Å². The van der Waals surface area contributed by atoms with Gasteiger partial charge in [0.05, 0.1) is 11.4 Å². The van der Waals surface area contributed by atoms with Crippen molar-refractivity contribution in [3.05, 3.63) is 18.1 Å². The average Bonchev–Trinajstić information content (AvgIpc) is 3.38. The molecule has 9 nitrogen and oxygen atoms in total. The van der Waals surface area contributed by atoms with Crippen LogP contribution in [0.4, 0.5) is 10.5 Å². The zero-order chi connectivity index (χ0) is 19.5. The molecule has 5 rings (SSSR count). The molecule has 3 fully saturated rings. The number of nitrogens with one attached hydrogen (secondary N) is 1. The second-order valence-electron chi connectivity index (χ2n) is 8.61. The van der Waals surface area contributed by atoms with E-state index >= 15 is 0 Å². The number of amides is 3. The normalized spacial score (nSPS) is 22.0. The van der Waals surface area contributed by atoms with Crippen molar-refractivity contribution >= 4 is 23.3 Å². The van der Waals surface area contributed by atoms with Crippen molar-refractivity contribution in [1.29, 1.82) is 0 Å². The van der Waals surface area contributed by atoms with Crippen molar-refractivity contribution < 1.29 is 9.59 Å². The molecule has 3 amide bonds. The van der Waals surface area contributed by atoms with Crippen LogP contribution in [0.5, 0.6) is 0 Å². The van der Waals surface area contributed by atoms with Crippen LogP contribution < -0.4 is 10.2 Å². The first-order valence-corrected chi connectivity index (χ1v) is 10.1. The summed E-state index contributed by atoms with van der Waals surface area (Å²) in [7, 11) is 0. The number of nitrogens with zero attached hydrogens (tertiary/aromatic N) is 6. The molecule has 2 aromatic rings. The van der Waals surface area contributed by atoms with Gasteiger partial charge in [-0.3, -0.25) is 10.1 Å². The molecule has 148 valence electrons. The quantitative estimate of drug-likeness (QED) is 0.805. The number of carbonyl (C=O) groups is 2. The Morgan fingerprint density at radius 3 is 2.68 bits per heavy atom. The van der Waals surface area contributed by atoms with E-state index in [0.29, 0.717) is 44.3 Å². The number of aromatic nitrogens is 4. The second kappa shape index (κ2) is 6.15. The topological polar surface area (TPSA) is 95.7 Å². The van der Waals surface area contributed by atoms with Crippen molar-refractivity contribution in [2.45, 2.75) is 51.0 Å². The van der Waals surface area contributed by atoms with Gasteiger partial charge >= 0.3 is 6.03 Å². The monoisotopic (exact) mass is 383 g/mol. The summed E-state index contributed by atoms with van der Waals surface area (Å²) in [5.74, 6) is 0.684. The van der Waals surface area contributed by atoms with E-state index in [0.717, 1.165) is 17.0 Å². The number of piperidine rings is 1. The van der Waals surface area contributed by atoms with Crippen LogP contribution in [0.15, 0.2) is 12.4 Å². The third-order valence-electron chi connectivity index (χ3n) is 6.15. The third-order valence-corrected chi connectivity index (χ3v) is 6.15. The molecule has 2 aliphatic heterocycles. The molecule has 0 bridgehead atoms. The Balaban J connectivity index is 1.43. The Labute approximate surface area is 163 Å². The first-order chi connectivity index (χ1) is 13.5. The molecule has 2 saturated heterocycles. The number of carbonyl (C=O) groups excluding carboxylic acids is 2. The van der Waals surface area contributed by atoms with Gasteiger partial charge in [0.1, 0.15) is 11.9 Å². The minimum Gasteiger partial charge on any atom is -0.368 e. The lowest BCUT2D eigenvalue weighted by atomic mass is 9.85. The van der Waals surface area contributed by atoms with Crippen molar-refractivity contribution in [1.82, 2.24) is 30.0 Å². The van der Waals surface area contributed by atoms with Crippen LogP contribution in [0.25, 0.3) is 5.65 Å². The smallest absolute Gasteiger partial charge is 0.325 e. The number of fused-ring (bicyclic) bond motifs is 1. The first-order valence-electron chi connectivity index (χ1n) is 10.1. The third kappa shape index (κ3) is 2.63. The number of anilines is 1. The van der Waals surface area contributed by atoms with E-state index in [4.69, 9.17) is 0 Å². The van der Waals surface area contributed by atoms with Gasteiger partial charge in [-0.25, -0.2) is 4.79 Å². The van der Waals surface area contributed by atoms with Gasteiger partial charge in [0, 0.05) is 25.6 Å². The van der Waals surface area contributed by atoms with Gasteiger partial charge in [0.15, 0.2) is 0 Å². The fourth-order valence-electron chi connectivity index (χ4n) is 4.48. The Hall–Kier alpha value is -2.71. The molecule has 0 aromatic carbocycles. The second-order valence-corrected chi connectivity index (χ2v) is 8.61.